The molecule has 0 aromatic heterocycles. The van der Waals surface area contributed by atoms with Crippen LogP contribution in [0.4, 0.5) is 0 Å². The summed E-state index contributed by atoms with van der Waals surface area (Å²) < 4.78 is 30.8. The van der Waals surface area contributed by atoms with Crippen molar-refractivity contribution in [2.45, 2.75) is 6.92 Å². The molecular formula is C7H12KNO4S. The van der Waals surface area contributed by atoms with Gasteiger partial charge in [0, 0.05) is 12.3 Å². The molecule has 0 rings (SSSR count). The Bertz CT molecular complexity index is 288. The van der Waals surface area contributed by atoms with E-state index in [0.717, 1.165) is 6.08 Å². The third kappa shape index (κ3) is 10.8. The van der Waals surface area contributed by atoms with E-state index in [0.29, 0.717) is 0 Å². The molecular weight excluding hydrogens is 233 g/mol. The Morgan fingerprint density at radius 2 is 2.14 bits per heavy atom. The first-order chi connectivity index (χ1) is 5.85. The zero-order valence-electron chi connectivity index (χ0n) is 8.32. The van der Waals surface area contributed by atoms with E-state index in [2.05, 4.69) is 11.9 Å². The zero-order chi connectivity index (χ0) is 10.5. The van der Waals surface area contributed by atoms with Gasteiger partial charge in [0.05, 0.1) is 10.1 Å². The Morgan fingerprint density at radius 3 is 2.50 bits per heavy atom. The Labute approximate surface area is 127 Å². The molecule has 1 unspecified atom stereocenters. The van der Waals surface area contributed by atoms with E-state index in [9.17, 15) is 17.8 Å². The monoisotopic (exact) mass is 245 g/mol. The Balaban J connectivity index is 0. The summed E-state index contributed by atoms with van der Waals surface area (Å²) in [5, 5.41) is 2.39. The second-order valence-corrected chi connectivity index (χ2v) is 4.23. The minimum atomic E-state index is -4.21. The fourth-order valence-corrected chi connectivity index (χ4v) is 1.57. The van der Waals surface area contributed by atoms with Gasteiger partial charge >= 0.3 is 51.4 Å². The summed E-state index contributed by atoms with van der Waals surface area (Å²) in [6.45, 7) is 4.95. The first-order valence-electron chi connectivity index (χ1n) is 3.69. The predicted molar refractivity (Wildman–Crippen MR) is 46.9 cm³/mol. The van der Waals surface area contributed by atoms with Gasteiger partial charge < -0.3 is 9.87 Å². The molecule has 1 amide bonds. The standard InChI is InChI=1S/C7H13NO4S.K/c1-3-7(9)8-4-6(2)5-13(10,11)12;/h3,6H,1,4-5H2,2H3,(H,8,9)(H,10,11,12);/q;+1/p-1. The minimum absolute atomic E-state index is 0. The van der Waals surface area contributed by atoms with Crippen molar-refractivity contribution in [2.75, 3.05) is 12.3 Å². The molecule has 1 atom stereocenters. The van der Waals surface area contributed by atoms with Crippen LogP contribution in [0.25, 0.3) is 0 Å². The summed E-state index contributed by atoms with van der Waals surface area (Å²) >= 11 is 0. The summed E-state index contributed by atoms with van der Waals surface area (Å²) in [4.78, 5) is 10.6. The molecule has 14 heavy (non-hydrogen) atoms. The zero-order valence-corrected chi connectivity index (χ0v) is 12.3. The van der Waals surface area contributed by atoms with Crippen LogP contribution in [0.15, 0.2) is 12.7 Å². The molecule has 5 nitrogen and oxygen atoms in total. The van der Waals surface area contributed by atoms with Gasteiger partial charge in [-0.2, -0.15) is 0 Å². The molecule has 0 aliphatic rings. The van der Waals surface area contributed by atoms with Crippen molar-refractivity contribution in [2.24, 2.45) is 5.92 Å². The van der Waals surface area contributed by atoms with Crippen LogP contribution in [-0.2, 0) is 14.9 Å². The average Bonchev–Trinajstić information content (AvgIpc) is 1.97. The van der Waals surface area contributed by atoms with Gasteiger partial charge in [-0.3, -0.25) is 4.79 Å². The molecule has 0 heterocycles. The van der Waals surface area contributed by atoms with Crippen LogP contribution in [0.2, 0.25) is 0 Å². The molecule has 0 saturated heterocycles. The number of nitrogens with one attached hydrogen (secondary N) is 1. The van der Waals surface area contributed by atoms with Gasteiger partial charge in [-0.1, -0.05) is 13.5 Å². The van der Waals surface area contributed by atoms with Crippen molar-refractivity contribution >= 4 is 16.0 Å². The smallest absolute Gasteiger partial charge is 0.748 e. The molecule has 0 aliphatic carbocycles. The number of carbonyl (C=O) groups excluding carboxylic acids is 1. The van der Waals surface area contributed by atoms with Gasteiger partial charge in [0.25, 0.3) is 0 Å². The molecule has 0 aliphatic heterocycles. The van der Waals surface area contributed by atoms with Crippen LogP contribution in [0.1, 0.15) is 6.92 Å². The van der Waals surface area contributed by atoms with Crippen molar-refractivity contribution in [3.05, 3.63) is 12.7 Å². The molecule has 7 heteroatoms. The van der Waals surface area contributed by atoms with Crippen molar-refractivity contribution < 1.29 is 69.1 Å². The average molecular weight is 245 g/mol. The first kappa shape index (κ1) is 17.2. The maximum absolute atomic E-state index is 10.6. The van der Waals surface area contributed by atoms with Crippen LogP contribution >= 0.6 is 0 Å². The maximum atomic E-state index is 10.6. The van der Waals surface area contributed by atoms with Crippen molar-refractivity contribution in [3.8, 4) is 0 Å². The molecule has 0 aromatic rings. The van der Waals surface area contributed by atoms with Gasteiger partial charge in [0.15, 0.2) is 0 Å². The summed E-state index contributed by atoms with van der Waals surface area (Å²) in [5.74, 6) is -1.23. The van der Waals surface area contributed by atoms with Crippen LogP contribution < -0.4 is 56.7 Å². The number of hydrogen-bond acceptors (Lipinski definition) is 4. The number of hydrogen-bond donors (Lipinski definition) is 1. The third-order valence-electron chi connectivity index (χ3n) is 1.30. The maximum Gasteiger partial charge on any atom is 1.00 e. The van der Waals surface area contributed by atoms with Gasteiger partial charge in [-0.05, 0) is 12.0 Å². The second-order valence-electron chi connectivity index (χ2n) is 2.78. The molecule has 0 fully saturated rings. The molecule has 1 N–H and O–H groups in total. The Hall–Kier alpha value is 0.756. The third-order valence-corrected chi connectivity index (χ3v) is 2.28. The van der Waals surface area contributed by atoms with E-state index >= 15 is 0 Å². The largest absolute Gasteiger partial charge is 1.00 e. The minimum Gasteiger partial charge on any atom is -0.748 e. The van der Waals surface area contributed by atoms with Crippen molar-refractivity contribution in [1.82, 2.24) is 5.32 Å². The molecule has 0 aromatic carbocycles. The van der Waals surface area contributed by atoms with Crippen molar-refractivity contribution in [1.29, 1.82) is 0 Å². The fourth-order valence-electron chi connectivity index (χ4n) is 0.754. The summed E-state index contributed by atoms with van der Waals surface area (Å²) in [5.41, 5.74) is 0. The van der Waals surface area contributed by atoms with Crippen molar-refractivity contribution in [3.63, 3.8) is 0 Å². The molecule has 0 saturated carbocycles. The summed E-state index contributed by atoms with van der Waals surface area (Å²) in [6.07, 6.45) is 1.08. The van der Waals surface area contributed by atoms with Crippen LogP contribution in [0.5, 0.6) is 0 Å². The first-order valence-corrected chi connectivity index (χ1v) is 5.26. The quantitative estimate of drug-likeness (QED) is 0.309. The molecule has 0 radical (unpaired) electrons. The van der Waals surface area contributed by atoms with Gasteiger partial charge in [-0.15, -0.1) is 0 Å². The number of carbonyl (C=O) groups is 1. The Morgan fingerprint density at radius 1 is 1.64 bits per heavy atom. The van der Waals surface area contributed by atoms with E-state index in [-0.39, 0.29) is 69.8 Å². The van der Waals surface area contributed by atoms with Gasteiger partial charge in [-0.25, -0.2) is 8.42 Å². The van der Waals surface area contributed by atoms with E-state index in [4.69, 9.17) is 0 Å². The van der Waals surface area contributed by atoms with Gasteiger partial charge in [0.1, 0.15) is 0 Å². The van der Waals surface area contributed by atoms with E-state index in [1.54, 1.807) is 6.92 Å². The van der Waals surface area contributed by atoms with E-state index < -0.39 is 15.9 Å². The fraction of sp³-hybridized carbons (Fsp3) is 0.571. The van der Waals surface area contributed by atoms with Crippen LogP contribution in [-0.4, -0.2) is 31.2 Å². The summed E-state index contributed by atoms with van der Waals surface area (Å²) in [6, 6.07) is 0. The number of amides is 1. The Kier molecular flexibility index (Phi) is 9.77. The van der Waals surface area contributed by atoms with Gasteiger partial charge in [0.2, 0.25) is 5.91 Å². The molecule has 76 valence electrons. The summed E-state index contributed by atoms with van der Waals surface area (Å²) in [7, 11) is -4.21. The SMILES string of the molecule is C=CC(=O)NCC(C)CS(=O)(=O)[O-].[K+]. The topological polar surface area (TPSA) is 86.3 Å². The van der Waals surface area contributed by atoms with E-state index in [1.165, 1.54) is 0 Å². The molecule has 0 bridgehead atoms. The molecule has 0 spiro atoms. The second kappa shape index (κ2) is 7.97. The van der Waals surface area contributed by atoms with Crippen LogP contribution in [0, 0.1) is 5.92 Å². The normalized spacial score (nSPS) is 12.4. The predicted octanol–water partition coefficient (Wildman–Crippen LogP) is -3.53. The van der Waals surface area contributed by atoms with Crippen LogP contribution in [0.3, 0.4) is 0 Å². The van der Waals surface area contributed by atoms with E-state index in [1.807, 2.05) is 0 Å². The number of rotatable bonds is 5.